The molecule has 3 aromatic rings. The molecular formula is C22H19ClFN3O3S. The Labute approximate surface area is 185 Å². The fourth-order valence-electron chi connectivity index (χ4n) is 3.71. The third-order valence-electron chi connectivity index (χ3n) is 5.29. The number of nitrogens with zero attached hydrogens (tertiary/aromatic N) is 2. The quantitative estimate of drug-likeness (QED) is 0.587. The zero-order valence-corrected chi connectivity index (χ0v) is 18.4. The minimum atomic E-state index is -2.82. The predicted octanol–water partition coefficient (Wildman–Crippen LogP) is 3.37. The van der Waals surface area contributed by atoms with Crippen LogP contribution in [0.2, 0.25) is 5.02 Å². The molecule has 0 bridgehead atoms. The Balaban J connectivity index is 2.00. The predicted molar refractivity (Wildman–Crippen MR) is 120 cm³/mol. The third-order valence-corrected chi connectivity index (χ3v) is 6.21. The number of pyridine rings is 1. The highest BCUT2D eigenvalue weighted by atomic mass is 35.5. The molecule has 0 aliphatic carbocycles. The van der Waals surface area contributed by atoms with Crippen LogP contribution >= 0.6 is 11.6 Å². The van der Waals surface area contributed by atoms with Gasteiger partial charge >= 0.3 is 0 Å². The van der Waals surface area contributed by atoms with Crippen LogP contribution in [-0.4, -0.2) is 18.7 Å². The van der Waals surface area contributed by atoms with Gasteiger partial charge in [0.15, 0.2) is 0 Å². The molecule has 1 aromatic heterocycles. The van der Waals surface area contributed by atoms with Gasteiger partial charge in [0.05, 0.1) is 12.3 Å². The number of aromatic nitrogens is 1. The molecule has 1 aliphatic heterocycles. The van der Waals surface area contributed by atoms with Crippen LogP contribution in [-0.2, 0) is 24.5 Å². The number of halogens is 2. The van der Waals surface area contributed by atoms with E-state index in [0.29, 0.717) is 21.9 Å². The molecule has 1 N–H and O–H groups in total. The van der Waals surface area contributed by atoms with Gasteiger partial charge in [-0.2, -0.15) is 0 Å². The molecule has 9 heteroatoms. The van der Waals surface area contributed by atoms with Crippen LogP contribution in [0.25, 0.3) is 11.1 Å². The summed E-state index contributed by atoms with van der Waals surface area (Å²) >= 11 is 6.55. The Kier molecular flexibility index (Phi) is 5.79. The largest absolute Gasteiger partial charge is 0.318 e. The van der Waals surface area contributed by atoms with Crippen molar-refractivity contribution >= 4 is 28.2 Å². The first-order chi connectivity index (χ1) is 14.7. The average molecular weight is 460 g/mol. The lowest BCUT2D eigenvalue weighted by molar-refractivity contribution is 0.587. The molecule has 1 unspecified atom stereocenters. The fourth-order valence-corrected chi connectivity index (χ4v) is 4.50. The highest BCUT2D eigenvalue weighted by molar-refractivity contribution is 7.70. The number of aryl methyl sites for hydroxylation is 1. The summed E-state index contributed by atoms with van der Waals surface area (Å²) in [6.45, 7) is 1.96. The van der Waals surface area contributed by atoms with Gasteiger partial charge in [-0.05, 0) is 60.0 Å². The Morgan fingerprint density at radius 3 is 2.52 bits per heavy atom. The zero-order chi connectivity index (χ0) is 22.3. The van der Waals surface area contributed by atoms with E-state index in [2.05, 4.69) is 4.72 Å². The zero-order valence-electron chi connectivity index (χ0n) is 16.7. The maximum atomic E-state index is 13.5. The van der Waals surface area contributed by atoms with Gasteiger partial charge in [-0.25, -0.2) is 17.5 Å². The molecule has 2 aromatic carbocycles. The Morgan fingerprint density at radius 1 is 1.13 bits per heavy atom. The topological polar surface area (TPSA) is 80.5 Å². The van der Waals surface area contributed by atoms with Gasteiger partial charge in [0.2, 0.25) is 10.9 Å². The lowest BCUT2D eigenvalue weighted by atomic mass is 9.90. The van der Waals surface area contributed by atoms with Crippen LogP contribution in [0.1, 0.15) is 35.2 Å². The Bertz CT molecular complexity index is 1340. The molecule has 0 saturated heterocycles. The molecule has 0 radical (unpaired) electrons. The smallest absolute Gasteiger partial charge is 0.250 e. The number of nitrogens with one attached hydrogen (secondary N) is 1. The van der Waals surface area contributed by atoms with E-state index in [1.807, 2.05) is 6.07 Å². The van der Waals surface area contributed by atoms with Crippen LogP contribution in [0.5, 0.6) is 0 Å². The van der Waals surface area contributed by atoms with Crippen LogP contribution < -0.4 is 10.3 Å². The SMILES string of the molecule is CC(N[SH](=O)=O)c1cc2c(cc1Cl)C(c1ccc(F)cc1)=NCc1cc(=O)n(C)cc1-2. The second-order valence-electron chi connectivity index (χ2n) is 7.36. The molecule has 4 rings (SSSR count). The molecule has 160 valence electrons. The van der Waals surface area contributed by atoms with Gasteiger partial charge in [-0.15, -0.1) is 0 Å². The van der Waals surface area contributed by atoms with Crippen molar-refractivity contribution in [1.29, 1.82) is 0 Å². The third kappa shape index (κ3) is 4.19. The number of fused-ring (bicyclic) bond motifs is 3. The number of rotatable bonds is 4. The summed E-state index contributed by atoms with van der Waals surface area (Å²) in [5.41, 5.74) is 4.79. The lowest BCUT2D eigenvalue weighted by Gasteiger charge is -2.18. The highest BCUT2D eigenvalue weighted by Crippen LogP contribution is 2.37. The van der Waals surface area contributed by atoms with E-state index in [0.717, 1.165) is 22.3 Å². The van der Waals surface area contributed by atoms with Gasteiger partial charge < -0.3 is 4.57 Å². The molecule has 6 nitrogen and oxygen atoms in total. The first-order valence-electron chi connectivity index (χ1n) is 9.49. The molecule has 0 saturated carbocycles. The lowest BCUT2D eigenvalue weighted by Crippen LogP contribution is -2.18. The molecule has 2 heterocycles. The van der Waals surface area contributed by atoms with E-state index in [4.69, 9.17) is 16.6 Å². The van der Waals surface area contributed by atoms with Crippen molar-refractivity contribution in [3.63, 3.8) is 0 Å². The second-order valence-corrected chi connectivity index (χ2v) is 8.54. The standard InChI is InChI=1S/C22H19ClFN3O3S/c1-12(26-31(29)30)16-8-17-18(9-20(16)23)22(13-3-5-15(24)6-4-13)25-10-14-7-21(28)27(2)11-19(14)17/h3-9,11-12,31H,10H2,1-2H3,(H,26,29,30). The summed E-state index contributed by atoms with van der Waals surface area (Å²) in [7, 11) is -1.15. The van der Waals surface area contributed by atoms with E-state index in [-0.39, 0.29) is 17.9 Å². The van der Waals surface area contributed by atoms with E-state index in [1.165, 1.54) is 16.7 Å². The fraction of sp³-hybridized carbons (Fsp3) is 0.182. The minimum Gasteiger partial charge on any atom is -0.318 e. The van der Waals surface area contributed by atoms with Gasteiger partial charge in [-0.3, -0.25) is 9.79 Å². The number of thiol groups is 1. The van der Waals surface area contributed by atoms with Crippen molar-refractivity contribution in [1.82, 2.24) is 9.29 Å². The average Bonchev–Trinajstić information content (AvgIpc) is 2.85. The van der Waals surface area contributed by atoms with Gasteiger partial charge in [-0.1, -0.05) is 11.6 Å². The normalized spacial score (nSPS) is 13.9. The minimum absolute atomic E-state index is 0.159. The molecule has 0 spiro atoms. The maximum absolute atomic E-state index is 13.5. The molecule has 0 fully saturated rings. The number of benzene rings is 2. The summed E-state index contributed by atoms with van der Waals surface area (Å²) in [5.74, 6) is -0.357. The summed E-state index contributed by atoms with van der Waals surface area (Å²) in [6.07, 6.45) is 1.74. The van der Waals surface area contributed by atoms with Crippen molar-refractivity contribution in [2.24, 2.45) is 12.0 Å². The molecule has 1 aliphatic rings. The number of hydrogen-bond acceptors (Lipinski definition) is 4. The molecule has 31 heavy (non-hydrogen) atoms. The highest BCUT2D eigenvalue weighted by Gasteiger charge is 2.23. The summed E-state index contributed by atoms with van der Waals surface area (Å²) in [6, 6.07) is 10.6. The van der Waals surface area contributed by atoms with Crippen molar-refractivity contribution in [2.75, 3.05) is 0 Å². The van der Waals surface area contributed by atoms with Crippen LogP contribution in [0, 0.1) is 5.82 Å². The van der Waals surface area contributed by atoms with E-state index in [9.17, 15) is 17.6 Å². The van der Waals surface area contributed by atoms with Gasteiger partial charge in [0.25, 0.3) is 5.56 Å². The first-order valence-corrected chi connectivity index (χ1v) is 11.0. The Morgan fingerprint density at radius 2 is 1.84 bits per heavy atom. The van der Waals surface area contributed by atoms with Crippen LogP contribution in [0.3, 0.4) is 0 Å². The molecule has 1 atom stereocenters. The summed E-state index contributed by atoms with van der Waals surface area (Å²) in [4.78, 5) is 16.9. The van der Waals surface area contributed by atoms with Crippen molar-refractivity contribution in [3.8, 4) is 11.1 Å². The first kappa shape index (κ1) is 21.4. The van der Waals surface area contributed by atoms with Gasteiger partial charge in [0, 0.05) is 47.1 Å². The van der Waals surface area contributed by atoms with E-state index >= 15 is 0 Å². The van der Waals surface area contributed by atoms with Crippen LogP contribution in [0.15, 0.2) is 58.4 Å². The molecule has 0 amide bonds. The van der Waals surface area contributed by atoms with Gasteiger partial charge in [0.1, 0.15) is 5.82 Å². The second kappa shape index (κ2) is 8.37. The van der Waals surface area contributed by atoms with E-state index < -0.39 is 16.9 Å². The van der Waals surface area contributed by atoms with Crippen LogP contribution in [0.4, 0.5) is 4.39 Å². The number of aliphatic imine (C=N–C) groups is 1. The summed E-state index contributed by atoms with van der Waals surface area (Å²) < 4.78 is 39.8. The monoisotopic (exact) mass is 459 g/mol. The maximum Gasteiger partial charge on any atom is 0.250 e. The molecular weight excluding hydrogens is 441 g/mol. The number of hydrogen-bond donors (Lipinski definition) is 2. The Hall–Kier alpha value is -2.81. The van der Waals surface area contributed by atoms with E-state index in [1.54, 1.807) is 44.4 Å². The van der Waals surface area contributed by atoms with Crippen molar-refractivity contribution < 1.29 is 12.8 Å². The summed E-state index contributed by atoms with van der Waals surface area (Å²) in [5, 5.41) is 0.374. The van der Waals surface area contributed by atoms with Crippen molar-refractivity contribution in [3.05, 3.63) is 92.1 Å². The van der Waals surface area contributed by atoms with Crippen molar-refractivity contribution in [2.45, 2.75) is 19.5 Å².